The van der Waals surface area contributed by atoms with Gasteiger partial charge in [-0.05, 0) is 31.5 Å². The van der Waals surface area contributed by atoms with E-state index < -0.39 is 4.92 Å². The zero-order chi connectivity index (χ0) is 13.8. The van der Waals surface area contributed by atoms with Gasteiger partial charge in [-0.15, -0.1) is 0 Å². The van der Waals surface area contributed by atoms with Crippen LogP contribution in [-0.4, -0.2) is 41.3 Å². The van der Waals surface area contributed by atoms with Crippen LogP contribution in [0.2, 0.25) is 0 Å². The molecule has 2 N–H and O–H groups in total. The summed E-state index contributed by atoms with van der Waals surface area (Å²) in [6.45, 7) is 1.94. The molecule has 2 rings (SSSR count). The number of Topliss-reactive ketones (excluding diaryl/α,β-unsaturated/α-hetero) is 1. The Labute approximate surface area is 111 Å². The predicted molar refractivity (Wildman–Crippen MR) is 71.1 cm³/mol. The van der Waals surface area contributed by atoms with Crippen LogP contribution >= 0.6 is 0 Å². The van der Waals surface area contributed by atoms with Gasteiger partial charge in [0.2, 0.25) is 0 Å². The molecule has 1 fully saturated rings. The van der Waals surface area contributed by atoms with E-state index in [4.69, 9.17) is 5.73 Å². The van der Waals surface area contributed by atoms with Crippen molar-refractivity contribution in [1.29, 1.82) is 0 Å². The molecule has 0 radical (unpaired) electrons. The Balaban J connectivity index is 1.97. The summed E-state index contributed by atoms with van der Waals surface area (Å²) in [4.78, 5) is 24.1. The van der Waals surface area contributed by atoms with Crippen LogP contribution in [0.4, 0.5) is 5.69 Å². The van der Waals surface area contributed by atoms with E-state index in [1.54, 1.807) is 0 Å². The molecule has 0 aromatic heterocycles. The lowest BCUT2D eigenvalue weighted by atomic mass is 10.0. The van der Waals surface area contributed by atoms with Crippen molar-refractivity contribution in [3.05, 3.63) is 39.9 Å². The van der Waals surface area contributed by atoms with Gasteiger partial charge < -0.3 is 5.73 Å². The van der Waals surface area contributed by atoms with Gasteiger partial charge in [-0.25, -0.2) is 0 Å². The maximum atomic E-state index is 12.0. The third kappa shape index (κ3) is 3.59. The van der Waals surface area contributed by atoms with Gasteiger partial charge in [0, 0.05) is 30.3 Å². The first-order chi connectivity index (χ1) is 9.06. The van der Waals surface area contributed by atoms with Crippen molar-refractivity contribution in [2.75, 3.05) is 19.6 Å². The molecule has 1 atom stereocenters. The van der Waals surface area contributed by atoms with E-state index in [1.807, 2.05) is 4.90 Å². The number of piperidine rings is 1. The van der Waals surface area contributed by atoms with Crippen LogP contribution in [0.3, 0.4) is 0 Å². The molecule has 6 nitrogen and oxygen atoms in total. The summed E-state index contributed by atoms with van der Waals surface area (Å²) >= 11 is 0. The average Bonchev–Trinajstić information content (AvgIpc) is 2.39. The van der Waals surface area contributed by atoms with Crippen LogP contribution in [0.15, 0.2) is 24.3 Å². The number of carbonyl (C=O) groups is 1. The van der Waals surface area contributed by atoms with Gasteiger partial charge in [0.25, 0.3) is 5.69 Å². The van der Waals surface area contributed by atoms with Crippen molar-refractivity contribution < 1.29 is 9.72 Å². The third-order valence-corrected chi connectivity index (χ3v) is 3.31. The number of nitrogens with two attached hydrogens (primary N) is 1. The Morgan fingerprint density at radius 2 is 2.11 bits per heavy atom. The molecule has 0 amide bonds. The summed E-state index contributed by atoms with van der Waals surface area (Å²) in [7, 11) is 0. The molecule has 1 aromatic rings. The van der Waals surface area contributed by atoms with Crippen LogP contribution in [0.1, 0.15) is 23.2 Å². The normalized spacial score (nSPS) is 20.2. The summed E-state index contributed by atoms with van der Waals surface area (Å²) < 4.78 is 0. The Morgan fingerprint density at radius 3 is 2.68 bits per heavy atom. The van der Waals surface area contributed by atoms with E-state index in [0.717, 1.165) is 25.9 Å². The fourth-order valence-electron chi connectivity index (χ4n) is 2.30. The number of benzene rings is 1. The number of nitrogens with zero attached hydrogens (tertiary/aromatic N) is 2. The number of likely N-dealkylation sites (tertiary alicyclic amines) is 1. The average molecular weight is 263 g/mol. The molecule has 1 aliphatic heterocycles. The van der Waals surface area contributed by atoms with Crippen LogP contribution in [0.5, 0.6) is 0 Å². The van der Waals surface area contributed by atoms with Crippen molar-refractivity contribution in [2.45, 2.75) is 18.9 Å². The molecule has 1 unspecified atom stereocenters. The van der Waals surface area contributed by atoms with E-state index in [0.29, 0.717) is 12.1 Å². The lowest BCUT2D eigenvalue weighted by Crippen LogP contribution is -2.44. The molecule has 1 saturated heterocycles. The summed E-state index contributed by atoms with van der Waals surface area (Å²) in [5.74, 6) is -0.0241. The lowest BCUT2D eigenvalue weighted by molar-refractivity contribution is -0.384. The van der Waals surface area contributed by atoms with Crippen molar-refractivity contribution in [1.82, 2.24) is 4.90 Å². The molecule has 0 saturated carbocycles. The van der Waals surface area contributed by atoms with Crippen molar-refractivity contribution in [3.63, 3.8) is 0 Å². The molecule has 6 heteroatoms. The number of hydrogen-bond donors (Lipinski definition) is 1. The second-order valence-electron chi connectivity index (χ2n) is 4.86. The van der Waals surface area contributed by atoms with Crippen molar-refractivity contribution >= 4 is 11.5 Å². The first-order valence-electron chi connectivity index (χ1n) is 6.32. The lowest BCUT2D eigenvalue weighted by Gasteiger charge is -2.29. The molecule has 102 valence electrons. The van der Waals surface area contributed by atoms with Gasteiger partial charge in [-0.1, -0.05) is 0 Å². The Morgan fingerprint density at radius 1 is 1.42 bits per heavy atom. The fourth-order valence-corrected chi connectivity index (χ4v) is 2.30. The molecule has 1 heterocycles. The molecule has 0 bridgehead atoms. The molecule has 0 aliphatic carbocycles. The van der Waals surface area contributed by atoms with Gasteiger partial charge >= 0.3 is 0 Å². The Bertz CT molecular complexity index is 473. The zero-order valence-electron chi connectivity index (χ0n) is 10.6. The fraction of sp³-hybridized carbons (Fsp3) is 0.462. The van der Waals surface area contributed by atoms with Gasteiger partial charge in [-0.2, -0.15) is 0 Å². The van der Waals surface area contributed by atoms with E-state index in [9.17, 15) is 14.9 Å². The van der Waals surface area contributed by atoms with E-state index in [1.165, 1.54) is 24.3 Å². The maximum absolute atomic E-state index is 12.0. The molecular formula is C13H17N3O3. The van der Waals surface area contributed by atoms with Gasteiger partial charge in [0.15, 0.2) is 5.78 Å². The topological polar surface area (TPSA) is 89.5 Å². The highest BCUT2D eigenvalue weighted by molar-refractivity contribution is 5.97. The molecule has 0 spiro atoms. The number of hydrogen-bond acceptors (Lipinski definition) is 5. The highest BCUT2D eigenvalue weighted by Crippen LogP contribution is 2.14. The van der Waals surface area contributed by atoms with Gasteiger partial charge in [0.05, 0.1) is 11.5 Å². The molecule has 1 aliphatic rings. The van der Waals surface area contributed by atoms with Crippen LogP contribution < -0.4 is 5.73 Å². The maximum Gasteiger partial charge on any atom is 0.269 e. The van der Waals surface area contributed by atoms with Crippen molar-refractivity contribution in [3.8, 4) is 0 Å². The minimum Gasteiger partial charge on any atom is -0.327 e. The highest BCUT2D eigenvalue weighted by atomic mass is 16.6. The highest BCUT2D eigenvalue weighted by Gasteiger charge is 2.19. The minimum atomic E-state index is -0.474. The number of non-ortho nitro benzene ring substituents is 1. The second-order valence-corrected chi connectivity index (χ2v) is 4.86. The SMILES string of the molecule is NC1CCCN(CC(=O)c2ccc([N+](=O)[O-])cc2)C1. The van der Waals surface area contributed by atoms with Crippen LogP contribution in [0.25, 0.3) is 0 Å². The summed E-state index contributed by atoms with van der Waals surface area (Å²) in [5.41, 5.74) is 6.37. The summed E-state index contributed by atoms with van der Waals surface area (Å²) in [6.07, 6.45) is 2.01. The van der Waals surface area contributed by atoms with E-state index >= 15 is 0 Å². The Hall–Kier alpha value is -1.79. The van der Waals surface area contributed by atoms with Gasteiger partial charge in [-0.3, -0.25) is 19.8 Å². The third-order valence-electron chi connectivity index (χ3n) is 3.31. The number of rotatable bonds is 4. The minimum absolute atomic E-state index is 0.00320. The summed E-state index contributed by atoms with van der Waals surface area (Å²) in [5, 5.41) is 10.5. The monoisotopic (exact) mass is 263 g/mol. The van der Waals surface area contributed by atoms with Gasteiger partial charge in [0.1, 0.15) is 0 Å². The van der Waals surface area contributed by atoms with E-state index in [-0.39, 0.29) is 17.5 Å². The standard InChI is InChI=1S/C13H17N3O3/c14-11-2-1-7-15(8-11)9-13(17)10-3-5-12(6-4-10)16(18)19/h3-6,11H,1-2,7-9,14H2. The number of nitro groups is 1. The smallest absolute Gasteiger partial charge is 0.269 e. The molecule has 1 aromatic carbocycles. The molecular weight excluding hydrogens is 246 g/mol. The number of ketones is 1. The molecule has 19 heavy (non-hydrogen) atoms. The van der Waals surface area contributed by atoms with Crippen molar-refractivity contribution in [2.24, 2.45) is 5.73 Å². The van der Waals surface area contributed by atoms with E-state index in [2.05, 4.69) is 0 Å². The number of carbonyl (C=O) groups excluding carboxylic acids is 1. The summed E-state index contributed by atoms with van der Waals surface area (Å²) in [6, 6.07) is 5.86. The van der Waals surface area contributed by atoms with Crippen LogP contribution in [0, 0.1) is 10.1 Å². The predicted octanol–water partition coefficient (Wildman–Crippen LogP) is 1.20. The largest absolute Gasteiger partial charge is 0.327 e. The first-order valence-corrected chi connectivity index (χ1v) is 6.32. The second kappa shape index (κ2) is 5.90. The Kier molecular flexibility index (Phi) is 4.24. The number of nitro benzene ring substituents is 1. The first kappa shape index (κ1) is 13.6. The zero-order valence-corrected chi connectivity index (χ0v) is 10.6. The van der Waals surface area contributed by atoms with Crippen LogP contribution in [-0.2, 0) is 0 Å². The quantitative estimate of drug-likeness (QED) is 0.501.